The second-order valence-corrected chi connectivity index (χ2v) is 8.11. The summed E-state index contributed by atoms with van der Waals surface area (Å²) in [5, 5.41) is 0.474. The highest BCUT2D eigenvalue weighted by molar-refractivity contribution is 6.39. The molecular formula is C19H12Cl2F10N4. The van der Waals surface area contributed by atoms with E-state index in [9.17, 15) is 43.9 Å². The highest BCUT2D eigenvalue weighted by atomic mass is 35.5. The summed E-state index contributed by atoms with van der Waals surface area (Å²) in [5.41, 5.74) is -0.234. The van der Waals surface area contributed by atoms with Crippen molar-refractivity contribution in [1.82, 2.24) is 10.5 Å². The molecule has 0 aromatic heterocycles. The van der Waals surface area contributed by atoms with Crippen molar-refractivity contribution in [2.24, 2.45) is 0 Å². The van der Waals surface area contributed by atoms with Crippen LogP contribution in [-0.4, -0.2) is 30.3 Å². The third-order valence-corrected chi connectivity index (χ3v) is 5.57. The predicted octanol–water partition coefficient (Wildman–Crippen LogP) is 6.81. The Hall–Kier alpha value is -2.58. The lowest BCUT2D eigenvalue weighted by Gasteiger charge is -2.36. The van der Waals surface area contributed by atoms with Crippen molar-refractivity contribution in [1.29, 1.82) is 0 Å². The lowest BCUT2D eigenvalue weighted by Crippen LogP contribution is -2.59. The SMILES string of the molecule is CN1NN(c2c(Cl)cc(C(F)(C(F)(F)F)C(F)(F)C(F)(F)F)cc2Cl)C=C1c1ccc(F)c(N)c1. The standard InChI is InChI=1S/C19H12Cl2F10N4/c1-34-14(8-2-3-12(22)13(32)4-8)7-35(33-34)15-10(20)5-9(6-11(15)21)16(23,18(26,27)28)17(24,25)19(29,30)31/h2-7,33H,32H2,1H3. The number of nitrogen functional groups attached to an aromatic ring is 1. The molecule has 192 valence electrons. The molecule has 0 spiro atoms. The van der Waals surface area contributed by atoms with E-state index in [0.29, 0.717) is 5.56 Å². The molecule has 1 unspecified atom stereocenters. The topological polar surface area (TPSA) is 44.5 Å². The zero-order chi connectivity index (χ0) is 26.7. The van der Waals surface area contributed by atoms with Gasteiger partial charge in [-0.2, -0.15) is 35.1 Å². The Morgan fingerprint density at radius 1 is 0.857 bits per heavy atom. The molecule has 1 aliphatic rings. The van der Waals surface area contributed by atoms with Crippen LogP contribution in [0.1, 0.15) is 11.1 Å². The van der Waals surface area contributed by atoms with Gasteiger partial charge >= 0.3 is 23.9 Å². The number of alkyl halides is 9. The number of rotatable bonds is 4. The van der Waals surface area contributed by atoms with E-state index in [-0.39, 0.29) is 23.5 Å². The summed E-state index contributed by atoms with van der Waals surface area (Å²) in [4.78, 5) is 0. The third kappa shape index (κ3) is 4.31. The van der Waals surface area contributed by atoms with E-state index >= 15 is 0 Å². The molecule has 0 saturated heterocycles. The Morgan fingerprint density at radius 3 is 1.86 bits per heavy atom. The first-order valence-electron chi connectivity index (χ1n) is 9.09. The number of hydrazine groups is 2. The minimum Gasteiger partial charge on any atom is -0.396 e. The number of halogens is 12. The van der Waals surface area contributed by atoms with Crippen LogP contribution in [0.3, 0.4) is 0 Å². The van der Waals surface area contributed by atoms with Gasteiger partial charge in [0.25, 0.3) is 0 Å². The normalized spacial score (nSPS) is 17.0. The lowest BCUT2D eigenvalue weighted by molar-refractivity contribution is -0.389. The first kappa shape index (κ1) is 27.0. The molecular weight excluding hydrogens is 545 g/mol. The van der Waals surface area contributed by atoms with Crippen LogP contribution in [0.4, 0.5) is 55.3 Å². The van der Waals surface area contributed by atoms with Crippen LogP contribution in [0.25, 0.3) is 5.70 Å². The molecule has 2 aromatic carbocycles. The molecule has 0 bridgehead atoms. The van der Waals surface area contributed by atoms with Gasteiger partial charge in [-0.25, -0.2) is 8.78 Å². The summed E-state index contributed by atoms with van der Waals surface area (Å²) in [6, 6.07) is 3.56. The largest absolute Gasteiger partial charge is 0.457 e. The van der Waals surface area contributed by atoms with Gasteiger partial charge in [0.2, 0.25) is 0 Å². The molecule has 3 rings (SSSR count). The second-order valence-electron chi connectivity index (χ2n) is 7.30. The number of anilines is 2. The Labute approximate surface area is 200 Å². The van der Waals surface area contributed by atoms with Gasteiger partial charge in [-0.05, 0) is 30.3 Å². The van der Waals surface area contributed by atoms with Crippen LogP contribution in [0, 0.1) is 5.82 Å². The number of benzene rings is 2. The van der Waals surface area contributed by atoms with Gasteiger partial charge in [0.15, 0.2) is 0 Å². The van der Waals surface area contributed by atoms with Gasteiger partial charge in [0, 0.05) is 24.4 Å². The smallest absolute Gasteiger partial charge is 0.396 e. The molecule has 0 aliphatic carbocycles. The molecule has 0 radical (unpaired) electrons. The average molecular weight is 557 g/mol. The molecule has 1 atom stereocenters. The molecule has 2 aromatic rings. The van der Waals surface area contributed by atoms with Gasteiger partial charge in [-0.1, -0.05) is 23.2 Å². The maximum absolute atomic E-state index is 14.8. The van der Waals surface area contributed by atoms with Gasteiger partial charge in [0.1, 0.15) is 5.82 Å². The van der Waals surface area contributed by atoms with Crippen LogP contribution in [0.15, 0.2) is 36.5 Å². The second kappa shape index (κ2) is 8.52. The van der Waals surface area contributed by atoms with E-state index < -0.39 is 51.1 Å². The number of hydrogen-bond donors (Lipinski definition) is 2. The highest BCUT2D eigenvalue weighted by Gasteiger charge is 2.81. The van der Waals surface area contributed by atoms with Crippen molar-refractivity contribution < 1.29 is 43.9 Å². The summed E-state index contributed by atoms with van der Waals surface area (Å²) < 4.78 is 134. The number of nitrogens with two attached hydrogens (primary N) is 1. The predicted molar refractivity (Wildman–Crippen MR) is 108 cm³/mol. The van der Waals surface area contributed by atoms with Crippen molar-refractivity contribution in [2.75, 3.05) is 17.8 Å². The molecule has 35 heavy (non-hydrogen) atoms. The lowest BCUT2D eigenvalue weighted by atomic mass is 9.87. The van der Waals surface area contributed by atoms with Crippen molar-refractivity contribution in [2.45, 2.75) is 23.9 Å². The molecule has 1 aliphatic heterocycles. The zero-order valence-corrected chi connectivity index (χ0v) is 18.5. The first-order valence-corrected chi connectivity index (χ1v) is 9.84. The fourth-order valence-electron chi connectivity index (χ4n) is 3.25. The number of nitrogens with zero attached hydrogens (tertiary/aromatic N) is 2. The van der Waals surface area contributed by atoms with Crippen molar-refractivity contribution >= 4 is 40.3 Å². The first-order chi connectivity index (χ1) is 15.8. The summed E-state index contributed by atoms with van der Waals surface area (Å²) >= 11 is 11.8. The van der Waals surface area contributed by atoms with Crippen molar-refractivity contribution in [3.05, 3.63) is 63.5 Å². The molecule has 3 N–H and O–H groups in total. The zero-order valence-electron chi connectivity index (χ0n) is 17.0. The van der Waals surface area contributed by atoms with Gasteiger partial charge in [-0.15, -0.1) is 5.53 Å². The van der Waals surface area contributed by atoms with Gasteiger partial charge < -0.3 is 5.73 Å². The van der Waals surface area contributed by atoms with Crippen LogP contribution in [-0.2, 0) is 5.67 Å². The number of hydrogen-bond acceptors (Lipinski definition) is 4. The van der Waals surface area contributed by atoms with E-state index in [1.165, 1.54) is 30.4 Å². The van der Waals surface area contributed by atoms with Crippen molar-refractivity contribution in [3.63, 3.8) is 0 Å². The average Bonchev–Trinajstić information content (AvgIpc) is 3.08. The minimum atomic E-state index is -6.90. The van der Waals surface area contributed by atoms with Crippen LogP contribution in [0.5, 0.6) is 0 Å². The molecule has 0 saturated carbocycles. The van der Waals surface area contributed by atoms with Crippen LogP contribution < -0.4 is 16.3 Å². The summed E-state index contributed by atoms with van der Waals surface area (Å²) in [6.45, 7) is 0. The third-order valence-electron chi connectivity index (χ3n) is 5.00. The van der Waals surface area contributed by atoms with E-state index in [1.54, 1.807) is 0 Å². The molecule has 16 heteroatoms. The monoisotopic (exact) mass is 556 g/mol. The summed E-state index contributed by atoms with van der Waals surface area (Å²) in [7, 11) is 1.43. The van der Waals surface area contributed by atoms with Crippen molar-refractivity contribution in [3.8, 4) is 0 Å². The number of nitrogens with one attached hydrogen (secondary N) is 1. The maximum Gasteiger partial charge on any atom is 0.457 e. The quantitative estimate of drug-likeness (QED) is 0.321. The Morgan fingerprint density at radius 2 is 1.40 bits per heavy atom. The molecule has 0 amide bonds. The highest BCUT2D eigenvalue weighted by Crippen LogP contribution is 2.59. The van der Waals surface area contributed by atoms with E-state index in [2.05, 4.69) is 5.53 Å². The Balaban J connectivity index is 2.12. The van der Waals surface area contributed by atoms with E-state index in [1.807, 2.05) is 0 Å². The van der Waals surface area contributed by atoms with Gasteiger partial charge in [0.05, 0.1) is 27.1 Å². The Kier molecular flexibility index (Phi) is 6.58. The van der Waals surface area contributed by atoms with E-state index in [0.717, 1.165) is 11.1 Å². The fourth-order valence-corrected chi connectivity index (χ4v) is 3.92. The maximum atomic E-state index is 14.8. The fraction of sp³-hybridized carbons (Fsp3) is 0.263. The molecule has 1 heterocycles. The summed E-state index contributed by atoms with van der Waals surface area (Å²) in [6.07, 6.45) is -12.4. The van der Waals surface area contributed by atoms with Crippen LogP contribution >= 0.6 is 23.2 Å². The molecule has 4 nitrogen and oxygen atoms in total. The molecule has 0 fully saturated rings. The van der Waals surface area contributed by atoms with Crippen LogP contribution in [0.2, 0.25) is 10.0 Å². The summed E-state index contributed by atoms with van der Waals surface area (Å²) in [5.74, 6) is -7.59. The minimum absolute atomic E-state index is 0.0285. The Bertz CT molecular complexity index is 1160. The van der Waals surface area contributed by atoms with E-state index in [4.69, 9.17) is 28.9 Å². The van der Waals surface area contributed by atoms with Gasteiger partial charge in [-0.3, -0.25) is 10.0 Å².